The largest absolute Gasteiger partial charge is 0.331 e. The van der Waals surface area contributed by atoms with Gasteiger partial charge < -0.3 is 20.0 Å². The summed E-state index contributed by atoms with van der Waals surface area (Å²) in [6.07, 6.45) is 3.96. The van der Waals surface area contributed by atoms with Crippen LogP contribution in [0, 0.1) is 11.7 Å². The molecule has 1 aromatic carbocycles. The number of amidine groups is 1. The van der Waals surface area contributed by atoms with Crippen LogP contribution in [-0.4, -0.2) is 80.1 Å². The molecule has 5 atom stereocenters. The van der Waals surface area contributed by atoms with Crippen molar-refractivity contribution in [3.05, 3.63) is 86.9 Å². The Labute approximate surface area is 287 Å². The molecule has 2 aromatic rings. The molecule has 0 radical (unpaired) electrons. The molecule has 13 heteroatoms. The van der Waals surface area contributed by atoms with E-state index in [0.717, 1.165) is 18.4 Å². The number of likely N-dealkylation sites (tertiary alicyclic amines) is 1. The van der Waals surface area contributed by atoms with Crippen molar-refractivity contribution in [2.24, 2.45) is 10.9 Å². The summed E-state index contributed by atoms with van der Waals surface area (Å²) in [7, 11) is 0. The number of nitrogens with zero attached hydrogens (tertiary/aromatic N) is 5. The Morgan fingerprint density at radius 3 is 2.60 bits per heavy atom. The number of thioether (sulfide) groups is 1. The molecule has 0 bridgehead atoms. The summed E-state index contributed by atoms with van der Waals surface area (Å²) in [6, 6.07) is 6.46. The van der Waals surface area contributed by atoms with Gasteiger partial charge in [0, 0.05) is 42.5 Å². The number of carbonyl (C=O) groups excluding carboxylic acids is 2. The molecule has 7 rings (SSSR count). The highest BCUT2D eigenvalue weighted by Crippen LogP contribution is 2.56. The standard InChI is InChI=1S/C34H36Cl2F2N6O2S/c1-5-22-15-40-34(10-11-34)17-43(22)30(45)25-13-21(37)16-42(25)31(46)28-27(18(2)3)44-29(19-6-8-23(35)24(38)12-19)33(4,41-32(44)47-28)20-7-9-26(36)39-14-20/h5-9,12,14,18,21-22,25,29,40H,1,10-11,13,15-17H2,2-4H3/t21-,22?,25+,29-,33+/m1/s1. The normalized spacial score (nSPS) is 29.5. The van der Waals surface area contributed by atoms with Gasteiger partial charge in [-0.3, -0.25) is 9.59 Å². The number of pyridine rings is 1. The molecule has 5 aliphatic rings. The summed E-state index contributed by atoms with van der Waals surface area (Å²) in [4.78, 5) is 43.6. The monoisotopic (exact) mass is 700 g/mol. The van der Waals surface area contributed by atoms with Crippen molar-refractivity contribution in [1.82, 2.24) is 25.0 Å². The lowest BCUT2D eigenvalue weighted by atomic mass is 9.81. The van der Waals surface area contributed by atoms with E-state index in [1.807, 2.05) is 31.7 Å². The van der Waals surface area contributed by atoms with Gasteiger partial charge in [-0.2, -0.15) is 0 Å². The van der Waals surface area contributed by atoms with Gasteiger partial charge in [0.2, 0.25) is 5.91 Å². The Balaban J connectivity index is 1.27. The number of aromatic nitrogens is 1. The molecule has 2 amide bonds. The van der Waals surface area contributed by atoms with Gasteiger partial charge in [-0.05, 0) is 61.2 Å². The maximum atomic E-state index is 15.2. The quantitative estimate of drug-likeness (QED) is 0.285. The number of hydrogen-bond acceptors (Lipinski definition) is 7. The molecule has 47 heavy (non-hydrogen) atoms. The molecule has 1 unspecified atom stereocenters. The molecule has 1 N–H and O–H groups in total. The third-order valence-electron chi connectivity index (χ3n) is 10.1. The molecule has 2 saturated heterocycles. The Bertz CT molecular complexity index is 1720. The molecule has 5 heterocycles. The van der Waals surface area contributed by atoms with Crippen molar-refractivity contribution < 1.29 is 18.4 Å². The van der Waals surface area contributed by atoms with Gasteiger partial charge in [0.05, 0.1) is 23.7 Å². The van der Waals surface area contributed by atoms with Gasteiger partial charge >= 0.3 is 0 Å². The van der Waals surface area contributed by atoms with Gasteiger partial charge in [-0.25, -0.2) is 18.8 Å². The van der Waals surface area contributed by atoms with Crippen molar-refractivity contribution in [3.8, 4) is 0 Å². The zero-order chi connectivity index (χ0) is 33.4. The van der Waals surface area contributed by atoms with Gasteiger partial charge in [0.15, 0.2) is 5.17 Å². The zero-order valence-electron chi connectivity index (χ0n) is 26.4. The van der Waals surface area contributed by atoms with Crippen LogP contribution in [-0.2, 0) is 15.1 Å². The van der Waals surface area contributed by atoms with Gasteiger partial charge in [-0.1, -0.05) is 55.3 Å². The van der Waals surface area contributed by atoms with Crippen LogP contribution in [0.1, 0.15) is 57.2 Å². The van der Waals surface area contributed by atoms with Crippen LogP contribution in [0.15, 0.2) is 64.8 Å². The summed E-state index contributed by atoms with van der Waals surface area (Å²) in [5.41, 5.74) is 1.01. The number of piperazine rings is 1. The minimum atomic E-state index is -1.33. The Hall–Kier alpha value is -2.99. The average molecular weight is 702 g/mol. The van der Waals surface area contributed by atoms with Crippen molar-refractivity contribution in [2.75, 3.05) is 19.6 Å². The summed E-state index contributed by atoms with van der Waals surface area (Å²) in [6.45, 7) is 10.7. The van der Waals surface area contributed by atoms with Gasteiger partial charge in [0.1, 0.15) is 33.6 Å². The molecule has 1 spiro atoms. The molecule has 248 valence electrons. The predicted molar refractivity (Wildman–Crippen MR) is 180 cm³/mol. The minimum absolute atomic E-state index is 0.00431. The molecular weight excluding hydrogens is 665 g/mol. The Morgan fingerprint density at radius 2 is 1.96 bits per heavy atom. The highest BCUT2D eigenvalue weighted by Gasteiger charge is 2.56. The predicted octanol–water partition coefficient (Wildman–Crippen LogP) is 6.23. The maximum absolute atomic E-state index is 15.2. The number of aliphatic imine (C=N–C) groups is 1. The van der Waals surface area contributed by atoms with E-state index in [0.29, 0.717) is 39.6 Å². The van der Waals surface area contributed by atoms with E-state index >= 15 is 4.39 Å². The average Bonchev–Trinajstić information content (AvgIpc) is 3.36. The molecule has 1 aromatic heterocycles. The number of hydrogen-bond donors (Lipinski definition) is 1. The fourth-order valence-electron chi connectivity index (χ4n) is 7.42. The number of alkyl halides is 1. The van der Waals surface area contributed by atoms with E-state index in [-0.39, 0.29) is 41.4 Å². The first-order valence-corrected chi connectivity index (χ1v) is 17.4. The van der Waals surface area contributed by atoms with E-state index in [2.05, 4.69) is 16.9 Å². The van der Waals surface area contributed by atoms with Crippen LogP contribution >= 0.6 is 35.0 Å². The van der Waals surface area contributed by atoms with E-state index < -0.39 is 35.5 Å². The number of allylic oxidation sites excluding steroid dienone is 1. The van der Waals surface area contributed by atoms with Crippen LogP contribution in [0.2, 0.25) is 10.2 Å². The summed E-state index contributed by atoms with van der Waals surface area (Å²) in [5, 5.41) is 4.41. The first kappa shape index (κ1) is 32.6. The lowest BCUT2D eigenvalue weighted by Gasteiger charge is -2.41. The number of fused-ring (bicyclic) bond motifs is 1. The fraction of sp³-hybridized carbons (Fsp3) is 0.471. The second-order valence-corrected chi connectivity index (χ2v) is 15.3. The lowest BCUT2D eigenvalue weighted by Crippen LogP contribution is -2.62. The highest BCUT2D eigenvalue weighted by atomic mass is 35.5. The van der Waals surface area contributed by atoms with Crippen molar-refractivity contribution in [1.29, 1.82) is 0 Å². The molecule has 1 aliphatic carbocycles. The highest BCUT2D eigenvalue weighted by molar-refractivity contribution is 8.18. The zero-order valence-corrected chi connectivity index (χ0v) is 28.7. The number of halogens is 4. The number of rotatable bonds is 6. The van der Waals surface area contributed by atoms with Crippen molar-refractivity contribution in [2.45, 2.75) is 75.4 Å². The van der Waals surface area contributed by atoms with Crippen LogP contribution in [0.25, 0.3) is 0 Å². The summed E-state index contributed by atoms with van der Waals surface area (Å²) >= 11 is 13.4. The topological polar surface area (TPSA) is 81.1 Å². The summed E-state index contributed by atoms with van der Waals surface area (Å²) in [5.74, 6) is -1.40. The van der Waals surface area contributed by atoms with Crippen LogP contribution < -0.4 is 5.32 Å². The Kier molecular flexibility index (Phi) is 8.21. The number of carbonyl (C=O) groups is 2. The summed E-state index contributed by atoms with van der Waals surface area (Å²) < 4.78 is 30.2. The SMILES string of the molecule is C=CC1CNC2(CC2)CN1C(=O)[C@@H]1C[C@@H](F)CN1C(=O)C1=C(C(C)C)N2C(=N[C@@](C)(c3ccc(Cl)nc3)[C@H]2c2ccc(Cl)c(F)c2)S1. The minimum Gasteiger partial charge on any atom is -0.331 e. The van der Waals surface area contributed by atoms with Crippen molar-refractivity contribution in [3.63, 3.8) is 0 Å². The molecule has 4 aliphatic heterocycles. The van der Waals surface area contributed by atoms with E-state index in [1.54, 1.807) is 29.3 Å². The van der Waals surface area contributed by atoms with Crippen LogP contribution in [0.5, 0.6) is 0 Å². The smallest absolute Gasteiger partial charge is 0.263 e. The molecular formula is C34H36Cl2F2N6O2S. The second kappa shape index (κ2) is 11.9. The third-order valence-corrected chi connectivity index (χ3v) is 11.7. The number of nitrogens with one attached hydrogen (secondary N) is 1. The number of amides is 2. The van der Waals surface area contributed by atoms with Gasteiger partial charge in [0.25, 0.3) is 5.91 Å². The van der Waals surface area contributed by atoms with E-state index in [4.69, 9.17) is 28.2 Å². The first-order chi connectivity index (χ1) is 22.4. The third kappa shape index (κ3) is 5.47. The van der Waals surface area contributed by atoms with Gasteiger partial charge in [-0.15, -0.1) is 6.58 Å². The van der Waals surface area contributed by atoms with E-state index in [1.165, 1.54) is 28.8 Å². The van der Waals surface area contributed by atoms with Crippen molar-refractivity contribution >= 4 is 51.9 Å². The first-order valence-electron chi connectivity index (χ1n) is 15.9. The Morgan fingerprint density at radius 1 is 1.19 bits per heavy atom. The van der Waals surface area contributed by atoms with Crippen LogP contribution in [0.4, 0.5) is 8.78 Å². The molecule has 8 nitrogen and oxygen atoms in total. The van der Waals surface area contributed by atoms with E-state index in [9.17, 15) is 14.0 Å². The molecule has 3 fully saturated rings. The maximum Gasteiger partial charge on any atom is 0.263 e. The fourth-order valence-corrected chi connectivity index (χ4v) is 9.02. The lowest BCUT2D eigenvalue weighted by molar-refractivity contribution is -0.144. The molecule has 1 saturated carbocycles. The second-order valence-electron chi connectivity index (χ2n) is 13.6. The van der Waals surface area contributed by atoms with Crippen LogP contribution in [0.3, 0.4) is 0 Å². The number of benzene rings is 1.